The van der Waals surface area contributed by atoms with E-state index in [4.69, 9.17) is 14.2 Å². The Morgan fingerprint density at radius 1 is 1.08 bits per heavy atom. The van der Waals surface area contributed by atoms with Gasteiger partial charge in [-0.15, -0.1) is 0 Å². The minimum absolute atomic E-state index is 0.0122. The number of ether oxygens (including phenoxy) is 1. The Hall–Kier alpha value is -4.08. The van der Waals surface area contributed by atoms with E-state index in [2.05, 4.69) is 9.72 Å². The van der Waals surface area contributed by atoms with Crippen LogP contribution in [0.2, 0.25) is 0 Å². The van der Waals surface area contributed by atoms with E-state index in [-0.39, 0.29) is 30.4 Å². The van der Waals surface area contributed by atoms with Crippen LogP contribution in [0.3, 0.4) is 0 Å². The van der Waals surface area contributed by atoms with Crippen molar-refractivity contribution in [2.24, 2.45) is 0 Å². The molecule has 0 radical (unpaired) electrons. The highest BCUT2D eigenvalue weighted by Crippen LogP contribution is 2.43. The van der Waals surface area contributed by atoms with E-state index in [0.717, 1.165) is 52.8 Å². The zero-order valence-corrected chi connectivity index (χ0v) is 21.9. The summed E-state index contributed by atoms with van der Waals surface area (Å²) in [5, 5.41) is 4.07. The quantitative estimate of drug-likeness (QED) is 0.287. The highest BCUT2D eigenvalue weighted by Gasteiger charge is 2.39. The summed E-state index contributed by atoms with van der Waals surface area (Å²) in [4.78, 5) is 31.2. The van der Waals surface area contributed by atoms with E-state index in [1.54, 1.807) is 0 Å². The molecule has 2 aromatic heterocycles. The lowest BCUT2D eigenvalue weighted by Gasteiger charge is -2.27. The number of halogens is 2. The standard InChI is InChI=1S/C29H28F2N4O4/c1-15-28(16(2)39-33-15)18-4-9-25-24(12-18)32-29(35(25)19-5-7-21(13-19)38-17(3)36)26-10-11-27(37)34(26)20-6-8-22(30)23(31)14-20/h4,6,8-9,12,14,19,21,26H,5,7,10-11,13H2,1-3H3/t19-,21-,26+/m1/s1. The van der Waals surface area contributed by atoms with E-state index in [9.17, 15) is 18.4 Å². The number of imidazole rings is 1. The highest BCUT2D eigenvalue weighted by atomic mass is 19.2. The fourth-order valence-corrected chi connectivity index (χ4v) is 6.17. The number of hydrogen-bond acceptors (Lipinski definition) is 6. The molecule has 3 atom stereocenters. The van der Waals surface area contributed by atoms with E-state index >= 15 is 0 Å². The predicted octanol–water partition coefficient (Wildman–Crippen LogP) is 6.11. The Bertz CT molecular complexity index is 1590. The summed E-state index contributed by atoms with van der Waals surface area (Å²) in [6, 6.07) is 9.02. The van der Waals surface area contributed by atoms with E-state index in [1.165, 1.54) is 17.9 Å². The SMILES string of the molecule is CC(=O)O[C@@H]1CC[C@@H](n2c([C@@H]3CCC(=O)N3c3ccc(F)c(F)c3)nc3cc(-c4c(C)noc4C)ccc32)C1. The number of hydrogen-bond donors (Lipinski definition) is 0. The number of aryl methyl sites for hydroxylation is 2. The van der Waals surface area contributed by atoms with Crippen LogP contribution in [0, 0.1) is 25.5 Å². The molecule has 1 saturated carbocycles. The number of amides is 1. The molecule has 202 valence electrons. The van der Waals surface area contributed by atoms with Crippen LogP contribution in [0.5, 0.6) is 0 Å². The van der Waals surface area contributed by atoms with E-state index < -0.39 is 17.7 Å². The normalized spacial score (nSPS) is 21.3. The topological polar surface area (TPSA) is 90.5 Å². The van der Waals surface area contributed by atoms with Crippen LogP contribution >= 0.6 is 0 Å². The Morgan fingerprint density at radius 2 is 1.90 bits per heavy atom. The number of carbonyl (C=O) groups is 2. The van der Waals surface area contributed by atoms with Gasteiger partial charge in [-0.2, -0.15) is 0 Å². The van der Waals surface area contributed by atoms with Gasteiger partial charge in [0, 0.05) is 43.1 Å². The van der Waals surface area contributed by atoms with Crippen LogP contribution in [-0.4, -0.2) is 32.7 Å². The Balaban J connectivity index is 1.48. The fraction of sp³-hybridized carbons (Fsp3) is 0.379. The first-order chi connectivity index (χ1) is 18.7. The molecule has 2 aromatic carbocycles. The lowest BCUT2D eigenvalue weighted by molar-refractivity contribution is -0.146. The van der Waals surface area contributed by atoms with Crippen molar-refractivity contribution < 1.29 is 27.6 Å². The molecule has 39 heavy (non-hydrogen) atoms. The average molecular weight is 535 g/mol. The highest BCUT2D eigenvalue weighted by molar-refractivity contribution is 5.96. The molecule has 2 aliphatic rings. The molecule has 1 amide bonds. The van der Waals surface area contributed by atoms with Crippen molar-refractivity contribution >= 4 is 28.6 Å². The molecule has 0 unspecified atom stereocenters. The van der Waals surface area contributed by atoms with Crippen molar-refractivity contribution in [1.29, 1.82) is 0 Å². The van der Waals surface area contributed by atoms with Gasteiger partial charge in [0.05, 0.1) is 22.8 Å². The van der Waals surface area contributed by atoms with Crippen molar-refractivity contribution in [3.8, 4) is 11.1 Å². The first-order valence-electron chi connectivity index (χ1n) is 13.1. The van der Waals surface area contributed by atoms with Gasteiger partial charge in [0.1, 0.15) is 17.7 Å². The Kier molecular flexibility index (Phi) is 6.20. The molecule has 0 bridgehead atoms. The summed E-state index contributed by atoms with van der Waals surface area (Å²) in [5.41, 5.74) is 4.52. The molecule has 6 rings (SSSR count). The summed E-state index contributed by atoms with van der Waals surface area (Å²) in [5.74, 6) is -1.09. The molecule has 2 fully saturated rings. The van der Waals surface area contributed by atoms with Crippen LogP contribution in [0.4, 0.5) is 14.5 Å². The second-order valence-electron chi connectivity index (χ2n) is 10.4. The van der Waals surface area contributed by atoms with Gasteiger partial charge < -0.3 is 18.7 Å². The first kappa shape index (κ1) is 25.2. The smallest absolute Gasteiger partial charge is 0.302 e. The van der Waals surface area contributed by atoms with Gasteiger partial charge in [-0.25, -0.2) is 13.8 Å². The first-order valence-corrected chi connectivity index (χ1v) is 13.1. The van der Waals surface area contributed by atoms with Crippen molar-refractivity contribution in [2.75, 3.05) is 4.90 Å². The summed E-state index contributed by atoms with van der Waals surface area (Å²) in [7, 11) is 0. The molecule has 3 heterocycles. The molecular formula is C29H28F2N4O4. The van der Waals surface area contributed by atoms with Crippen LogP contribution < -0.4 is 4.90 Å². The number of carbonyl (C=O) groups excluding carboxylic acids is 2. The monoisotopic (exact) mass is 534 g/mol. The second kappa shape index (κ2) is 9.59. The average Bonchev–Trinajstić information content (AvgIpc) is 3.66. The van der Waals surface area contributed by atoms with Gasteiger partial charge >= 0.3 is 5.97 Å². The minimum atomic E-state index is -1.01. The van der Waals surface area contributed by atoms with Gasteiger partial charge in [0.15, 0.2) is 11.6 Å². The van der Waals surface area contributed by atoms with Crippen molar-refractivity contribution in [1.82, 2.24) is 14.7 Å². The number of nitrogens with zero attached hydrogens (tertiary/aromatic N) is 4. The second-order valence-corrected chi connectivity index (χ2v) is 10.4. The van der Waals surface area contributed by atoms with Gasteiger partial charge in [-0.3, -0.25) is 9.59 Å². The molecule has 0 N–H and O–H groups in total. The molecule has 1 aliphatic carbocycles. The summed E-state index contributed by atoms with van der Waals surface area (Å²) in [6.45, 7) is 5.16. The number of anilines is 1. The molecule has 4 aromatic rings. The summed E-state index contributed by atoms with van der Waals surface area (Å²) >= 11 is 0. The third kappa shape index (κ3) is 4.37. The van der Waals surface area contributed by atoms with E-state index in [0.29, 0.717) is 30.1 Å². The molecular weight excluding hydrogens is 506 g/mol. The Labute approximate surface area is 223 Å². The molecule has 10 heteroatoms. The maximum Gasteiger partial charge on any atom is 0.302 e. The summed E-state index contributed by atoms with van der Waals surface area (Å²) < 4.78 is 40.9. The third-order valence-corrected chi connectivity index (χ3v) is 7.78. The van der Waals surface area contributed by atoms with Crippen LogP contribution in [-0.2, 0) is 14.3 Å². The number of fused-ring (bicyclic) bond motifs is 1. The molecule has 1 aliphatic heterocycles. The molecule has 0 spiro atoms. The van der Waals surface area contributed by atoms with Gasteiger partial charge in [-0.05, 0) is 62.9 Å². The minimum Gasteiger partial charge on any atom is -0.462 e. The lowest BCUT2D eigenvalue weighted by atomic mass is 10.0. The van der Waals surface area contributed by atoms with Crippen molar-refractivity contribution in [3.05, 3.63) is 65.3 Å². The van der Waals surface area contributed by atoms with E-state index in [1.807, 2.05) is 32.0 Å². The predicted molar refractivity (Wildman–Crippen MR) is 139 cm³/mol. The van der Waals surface area contributed by atoms with Crippen LogP contribution in [0.1, 0.15) is 68.4 Å². The van der Waals surface area contributed by atoms with Crippen LogP contribution in [0.15, 0.2) is 40.9 Å². The molecule has 8 nitrogen and oxygen atoms in total. The fourth-order valence-electron chi connectivity index (χ4n) is 6.17. The lowest BCUT2D eigenvalue weighted by Crippen LogP contribution is -2.30. The van der Waals surface area contributed by atoms with Crippen molar-refractivity contribution in [3.63, 3.8) is 0 Å². The maximum atomic E-state index is 14.2. The zero-order valence-electron chi connectivity index (χ0n) is 21.9. The number of esters is 1. The van der Waals surface area contributed by atoms with Crippen molar-refractivity contribution in [2.45, 2.75) is 71.1 Å². The van der Waals surface area contributed by atoms with Crippen LogP contribution in [0.25, 0.3) is 22.2 Å². The number of benzene rings is 2. The number of rotatable bonds is 5. The van der Waals surface area contributed by atoms with Gasteiger partial charge in [-0.1, -0.05) is 11.2 Å². The number of aromatic nitrogens is 3. The Morgan fingerprint density at radius 3 is 2.62 bits per heavy atom. The van der Waals surface area contributed by atoms with Gasteiger partial charge in [0.25, 0.3) is 0 Å². The molecule has 1 saturated heterocycles. The maximum absolute atomic E-state index is 14.2. The largest absolute Gasteiger partial charge is 0.462 e. The summed E-state index contributed by atoms with van der Waals surface area (Å²) in [6.07, 6.45) is 2.66. The third-order valence-electron chi connectivity index (χ3n) is 7.78. The van der Waals surface area contributed by atoms with Gasteiger partial charge in [0.2, 0.25) is 5.91 Å². The zero-order chi connectivity index (χ0) is 27.4.